The van der Waals surface area contributed by atoms with Gasteiger partial charge in [0, 0.05) is 18.3 Å². The van der Waals surface area contributed by atoms with Gasteiger partial charge in [-0.25, -0.2) is 4.39 Å². The summed E-state index contributed by atoms with van der Waals surface area (Å²) < 4.78 is 14.5. The van der Waals surface area contributed by atoms with Gasteiger partial charge in [-0.15, -0.1) is 0 Å². The van der Waals surface area contributed by atoms with Crippen LogP contribution >= 0.6 is 0 Å². The molecule has 3 nitrogen and oxygen atoms in total. The van der Waals surface area contributed by atoms with Gasteiger partial charge in [0.25, 0.3) is 0 Å². The van der Waals surface area contributed by atoms with Crippen molar-refractivity contribution < 1.29 is 14.3 Å². The van der Waals surface area contributed by atoms with Crippen LogP contribution in [0.5, 0.6) is 0 Å². The van der Waals surface area contributed by atoms with E-state index < -0.39 is 5.97 Å². The first-order chi connectivity index (χ1) is 11.8. The highest BCUT2D eigenvalue weighted by molar-refractivity contribution is 5.79. The predicted molar refractivity (Wildman–Crippen MR) is 98.9 cm³/mol. The Morgan fingerprint density at radius 1 is 1.28 bits per heavy atom. The summed E-state index contributed by atoms with van der Waals surface area (Å²) >= 11 is 0. The van der Waals surface area contributed by atoms with Crippen LogP contribution in [0, 0.1) is 0 Å². The molecule has 1 heterocycles. The van der Waals surface area contributed by atoms with E-state index >= 15 is 0 Å². The van der Waals surface area contributed by atoms with Crippen LogP contribution < -0.4 is 10.0 Å². The highest BCUT2D eigenvalue weighted by atomic mass is 19.1. The molecule has 0 unspecified atom stereocenters. The van der Waals surface area contributed by atoms with Gasteiger partial charge in [0.2, 0.25) is 0 Å². The molecule has 0 radical (unpaired) electrons. The Morgan fingerprint density at radius 2 is 2.00 bits per heavy atom. The summed E-state index contributed by atoms with van der Waals surface area (Å²) in [5, 5.41) is 10.5. The van der Waals surface area contributed by atoms with Gasteiger partial charge in [-0.1, -0.05) is 18.2 Å². The summed E-state index contributed by atoms with van der Waals surface area (Å²) in [7, 11) is 0. The van der Waals surface area contributed by atoms with Crippen molar-refractivity contribution >= 4 is 17.2 Å². The Hall–Kier alpha value is -2.36. The molecule has 25 heavy (non-hydrogen) atoms. The number of carbonyl (C=O) groups excluding carboxylic acids is 1. The van der Waals surface area contributed by atoms with Crippen molar-refractivity contribution in [2.24, 2.45) is 0 Å². The lowest BCUT2D eigenvalue weighted by Gasteiger charge is -2.35. The van der Waals surface area contributed by atoms with Gasteiger partial charge < -0.3 is 14.8 Å². The number of carboxylic acids is 1. The van der Waals surface area contributed by atoms with E-state index in [9.17, 15) is 14.3 Å². The standard InChI is InChI=1S/C21H26FNO2/c1-14(2)23-11-5-6-17-8-9-18(13-20(17)23)16(4)19(22)10-7-15(3)12-21(24)25/h7-10,12-14H,5-6,11H2,1-4H3,(H,24,25)/p-1/b10-7+,15-12+,19-16+. The molecule has 0 N–H and O–H groups in total. The SMILES string of the molecule is CC(/C=C/C(F)=C(/C)c1ccc2c(c1)N(C(C)C)CCC2)=C\C(=O)[O-]. The van der Waals surface area contributed by atoms with Crippen LogP contribution in [0.3, 0.4) is 0 Å². The number of halogens is 1. The highest BCUT2D eigenvalue weighted by Crippen LogP contribution is 2.32. The van der Waals surface area contributed by atoms with E-state index in [1.807, 2.05) is 6.07 Å². The summed E-state index contributed by atoms with van der Waals surface area (Å²) in [4.78, 5) is 12.9. The smallest absolute Gasteiger partial charge is 0.126 e. The van der Waals surface area contributed by atoms with E-state index in [4.69, 9.17) is 0 Å². The molecule has 0 saturated carbocycles. The zero-order valence-electron chi connectivity index (χ0n) is 15.3. The second-order valence-electron chi connectivity index (χ2n) is 6.75. The quantitative estimate of drug-likeness (QED) is 0.604. The van der Waals surface area contributed by atoms with Gasteiger partial charge in [0.05, 0.1) is 5.97 Å². The fourth-order valence-corrected chi connectivity index (χ4v) is 3.07. The third-order valence-corrected chi connectivity index (χ3v) is 4.49. The molecule has 0 atom stereocenters. The molecule has 0 spiro atoms. The Bertz CT molecular complexity index is 744. The first-order valence-corrected chi connectivity index (χ1v) is 8.63. The molecule has 0 aliphatic carbocycles. The molecule has 2 rings (SSSR count). The Labute approximate surface area is 149 Å². The molecule has 1 aliphatic rings. The van der Waals surface area contributed by atoms with Crippen molar-refractivity contribution in [3.63, 3.8) is 0 Å². The number of hydrogen-bond acceptors (Lipinski definition) is 3. The molecule has 1 aromatic rings. The molecule has 0 saturated heterocycles. The average Bonchev–Trinajstić information content (AvgIpc) is 2.57. The lowest BCUT2D eigenvalue weighted by atomic mass is 9.96. The number of benzene rings is 1. The first kappa shape index (κ1) is 19.0. The van der Waals surface area contributed by atoms with E-state index in [-0.39, 0.29) is 5.83 Å². The zero-order chi connectivity index (χ0) is 18.6. The lowest BCUT2D eigenvalue weighted by molar-refractivity contribution is -0.297. The normalized spacial score (nSPS) is 16.2. The molecule has 0 fully saturated rings. The summed E-state index contributed by atoms with van der Waals surface area (Å²) in [5.74, 6) is -1.66. The molecule has 0 amide bonds. The minimum Gasteiger partial charge on any atom is -0.545 e. The van der Waals surface area contributed by atoms with Crippen LogP contribution in [-0.2, 0) is 11.2 Å². The van der Waals surface area contributed by atoms with E-state index in [1.165, 1.54) is 23.4 Å². The maximum atomic E-state index is 14.5. The number of carbonyl (C=O) groups is 1. The van der Waals surface area contributed by atoms with Crippen molar-refractivity contribution in [1.29, 1.82) is 0 Å². The number of allylic oxidation sites excluding steroid dienone is 5. The molecule has 0 aromatic heterocycles. The second kappa shape index (κ2) is 8.15. The molecule has 4 heteroatoms. The third-order valence-electron chi connectivity index (χ3n) is 4.49. The van der Waals surface area contributed by atoms with Crippen LogP contribution in [0.1, 0.15) is 45.2 Å². The fourth-order valence-electron chi connectivity index (χ4n) is 3.07. The zero-order valence-corrected chi connectivity index (χ0v) is 15.3. The Morgan fingerprint density at radius 3 is 2.64 bits per heavy atom. The summed E-state index contributed by atoms with van der Waals surface area (Å²) in [6.07, 6.45) is 5.87. The average molecular weight is 342 g/mol. The summed E-state index contributed by atoms with van der Waals surface area (Å²) in [6, 6.07) is 6.50. The number of anilines is 1. The molecule has 134 valence electrons. The van der Waals surface area contributed by atoms with Crippen LogP contribution in [0.4, 0.5) is 10.1 Å². The second-order valence-corrected chi connectivity index (χ2v) is 6.75. The maximum Gasteiger partial charge on any atom is 0.126 e. The predicted octanol–water partition coefficient (Wildman–Crippen LogP) is 3.80. The van der Waals surface area contributed by atoms with E-state index in [2.05, 4.69) is 30.9 Å². The number of hydrogen-bond donors (Lipinski definition) is 0. The molecule has 1 aromatic carbocycles. The van der Waals surface area contributed by atoms with Crippen molar-refractivity contribution in [3.8, 4) is 0 Å². The number of rotatable bonds is 5. The summed E-state index contributed by atoms with van der Waals surface area (Å²) in [5.41, 5.74) is 4.30. The Kier molecular flexibility index (Phi) is 6.18. The number of aliphatic carboxylic acids is 1. The fraction of sp³-hybridized carbons (Fsp3) is 0.381. The minimum absolute atomic E-state index is 0.377. The van der Waals surface area contributed by atoms with Crippen LogP contribution in [-0.4, -0.2) is 18.6 Å². The van der Waals surface area contributed by atoms with Crippen molar-refractivity contribution in [3.05, 3.63) is 59.0 Å². The van der Waals surface area contributed by atoms with Gasteiger partial charge in [0.1, 0.15) is 5.83 Å². The molecular weight excluding hydrogens is 317 g/mol. The van der Waals surface area contributed by atoms with Gasteiger partial charge in [-0.3, -0.25) is 0 Å². The number of aryl methyl sites for hydroxylation is 1. The van der Waals surface area contributed by atoms with Gasteiger partial charge in [-0.05, 0) is 81.0 Å². The van der Waals surface area contributed by atoms with Crippen molar-refractivity contribution in [2.45, 2.75) is 46.6 Å². The molecule has 1 aliphatic heterocycles. The largest absolute Gasteiger partial charge is 0.545 e. The van der Waals surface area contributed by atoms with E-state index in [0.717, 1.165) is 31.0 Å². The monoisotopic (exact) mass is 342 g/mol. The molecule has 0 bridgehead atoms. The van der Waals surface area contributed by atoms with Crippen LogP contribution in [0.25, 0.3) is 5.57 Å². The van der Waals surface area contributed by atoms with Gasteiger partial charge >= 0.3 is 0 Å². The van der Waals surface area contributed by atoms with Crippen LogP contribution in [0.15, 0.2) is 47.8 Å². The molecular formula is C21H25FNO2-. The van der Waals surface area contributed by atoms with Gasteiger partial charge in [-0.2, -0.15) is 0 Å². The van der Waals surface area contributed by atoms with E-state index in [0.29, 0.717) is 17.2 Å². The van der Waals surface area contributed by atoms with Crippen molar-refractivity contribution in [1.82, 2.24) is 0 Å². The number of nitrogens with zero attached hydrogens (tertiary/aromatic N) is 1. The first-order valence-electron chi connectivity index (χ1n) is 8.63. The topological polar surface area (TPSA) is 43.4 Å². The maximum absolute atomic E-state index is 14.5. The van der Waals surface area contributed by atoms with Crippen molar-refractivity contribution in [2.75, 3.05) is 11.4 Å². The number of fused-ring (bicyclic) bond motifs is 1. The number of carboxylic acid groups (broad SMARTS) is 1. The Balaban J connectivity index is 2.33. The third kappa shape index (κ3) is 4.81. The lowest BCUT2D eigenvalue weighted by Crippen LogP contribution is -2.35. The highest BCUT2D eigenvalue weighted by Gasteiger charge is 2.19. The van der Waals surface area contributed by atoms with Gasteiger partial charge in [0.15, 0.2) is 0 Å². The summed E-state index contributed by atoms with van der Waals surface area (Å²) in [6.45, 7) is 8.68. The van der Waals surface area contributed by atoms with E-state index in [1.54, 1.807) is 13.8 Å². The van der Waals surface area contributed by atoms with Crippen LogP contribution in [0.2, 0.25) is 0 Å². The minimum atomic E-state index is -1.29.